The number of hydrogen-bond donors (Lipinski definition) is 1. The molecule has 0 bridgehead atoms. The van der Waals surface area contributed by atoms with Crippen LogP contribution in [-0.2, 0) is 4.74 Å². The quantitative estimate of drug-likeness (QED) is 0.591. The molecule has 4 heteroatoms. The minimum Gasteiger partial charge on any atom is -0.381 e. The monoisotopic (exact) mass is 169 g/mol. The van der Waals surface area contributed by atoms with E-state index in [1.165, 1.54) is 0 Å². The maximum Gasteiger partial charge on any atom is 0.191 e. The van der Waals surface area contributed by atoms with Crippen molar-refractivity contribution in [2.24, 2.45) is 10.7 Å². The summed E-state index contributed by atoms with van der Waals surface area (Å²) in [6, 6.07) is 0. The average Bonchev–Trinajstić information content (AvgIpc) is 2.27. The number of likely N-dealkylation sites (N-methyl/N-ethyl adjacent to an activating group) is 1. The molecule has 0 saturated heterocycles. The molecule has 2 aliphatic rings. The van der Waals surface area contributed by atoms with Crippen LogP contribution in [0.15, 0.2) is 4.99 Å². The van der Waals surface area contributed by atoms with E-state index in [2.05, 4.69) is 9.89 Å². The van der Waals surface area contributed by atoms with Crippen molar-refractivity contribution in [1.82, 2.24) is 4.90 Å². The molecule has 2 rings (SSSR count). The Labute approximate surface area is 72.4 Å². The van der Waals surface area contributed by atoms with Gasteiger partial charge in [-0.3, -0.25) is 4.99 Å². The van der Waals surface area contributed by atoms with Gasteiger partial charge in [0.15, 0.2) is 5.96 Å². The summed E-state index contributed by atoms with van der Waals surface area (Å²) in [5.41, 5.74) is 5.88. The zero-order valence-electron chi connectivity index (χ0n) is 7.58. The van der Waals surface area contributed by atoms with Gasteiger partial charge in [-0.25, -0.2) is 0 Å². The lowest BCUT2D eigenvalue weighted by molar-refractivity contribution is -0.0500. The minimum atomic E-state index is 0.199. The molecule has 0 amide bonds. The molecule has 12 heavy (non-hydrogen) atoms. The van der Waals surface area contributed by atoms with Crippen molar-refractivity contribution in [3.63, 3.8) is 0 Å². The predicted octanol–water partition coefficient (Wildman–Crippen LogP) is -0.206. The molecule has 0 aromatic rings. The van der Waals surface area contributed by atoms with Crippen molar-refractivity contribution in [2.75, 3.05) is 20.7 Å². The van der Waals surface area contributed by atoms with Gasteiger partial charge in [-0.15, -0.1) is 0 Å². The molecule has 0 aromatic heterocycles. The van der Waals surface area contributed by atoms with Gasteiger partial charge >= 0.3 is 0 Å². The van der Waals surface area contributed by atoms with E-state index in [0.29, 0.717) is 12.1 Å². The topological polar surface area (TPSA) is 50.9 Å². The van der Waals surface area contributed by atoms with Gasteiger partial charge < -0.3 is 15.4 Å². The summed E-state index contributed by atoms with van der Waals surface area (Å²) in [4.78, 5) is 6.31. The molecule has 0 aromatic carbocycles. The first-order valence-electron chi connectivity index (χ1n) is 4.24. The van der Waals surface area contributed by atoms with Crippen LogP contribution in [0.4, 0.5) is 0 Å². The minimum absolute atomic E-state index is 0.199. The molecule has 2 N–H and O–H groups in total. The van der Waals surface area contributed by atoms with Crippen molar-refractivity contribution in [2.45, 2.75) is 24.5 Å². The Balaban J connectivity index is 2.01. The van der Waals surface area contributed by atoms with E-state index >= 15 is 0 Å². The highest BCUT2D eigenvalue weighted by Gasteiger charge is 2.50. The van der Waals surface area contributed by atoms with Crippen LogP contribution in [0.25, 0.3) is 0 Å². The molecule has 1 fully saturated rings. The maximum absolute atomic E-state index is 5.69. The number of nitrogens with two attached hydrogens (primary N) is 1. The van der Waals surface area contributed by atoms with Crippen LogP contribution in [-0.4, -0.2) is 43.2 Å². The molecule has 0 atom stereocenters. The number of rotatable bonds is 1. The second-order valence-corrected chi connectivity index (χ2v) is 3.72. The van der Waals surface area contributed by atoms with Gasteiger partial charge in [0.25, 0.3) is 0 Å². The molecule has 1 aliphatic heterocycles. The van der Waals surface area contributed by atoms with Gasteiger partial charge in [-0.05, 0) is 12.8 Å². The second kappa shape index (κ2) is 2.36. The fraction of sp³-hybridized carbons (Fsp3) is 0.875. The molecule has 1 aliphatic carbocycles. The Kier molecular flexibility index (Phi) is 1.54. The lowest BCUT2D eigenvalue weighted by atomic mass is 9.74. The number of hydrogen-bond acceptors (Lipinski definition) is 4. The van der Waals surface area contributed by atoms with Gasteiger partial charge in [0.05, 0.1) is 18.2 Å². The normalized spacial score (nSPS) is 40.0. The molecule has 68 valence electrons. The molecular formula is C8H15N3O. The van der Waals surface area contributed by atoms with Gasteiger partial charge in [0, 0.05) is 14.2 Å². The van der Waals surface area contributed by atoms with Crippen molar-refractivity contribution in [3.05, 3.63) is 0 Å². The van der Waals surface area contributed by atoms with E-state index in [9.17, 15) is 0 Å². The third kappa shape index (κ3) is 0.843. The molecule has 4 nitrogen and oxygen atoms in total. The molecule has 1 heterocycles. The first-order chi connectivity index (χ1) is 5.68. The van der Waals surface area contributed by atoms with Crippen LogP contribution < -0.4 is 5.73 Å². The fourth-order valence-electron chi connectivity index (χ4n) is 2.04. The van der Waals surface area contributed by atoms with Gasteiger partial charge in [0.1, 0.15) is 0 Å². The molecule has 1 saturated carbocycles. The predicted molar refractivity (Wildman–Crippen MR) is 47.0 cm³/mol. The SMILES string of the molecule is COC1CC2(CN=C(N)N2C)C1. The summed E-state index contributed by atoms with van der Waals surface area (Å²) in [5, 5.41) is 0. The summed E-state index contributed by atoms with van der Waals surface area (Å²) < 4.78 is 5.24. The standard InChI is InChI=1S/C8H15N3O/c1-11-7(9)10-5-8(11)3-6(4-8)12-2/h6H,3-5H2,1-2H3,(H2,9,10). The van der Waals surface area contributed by atoms with E-state index in [-0.39, 0.29) is 5.54 Å². The Morgan fingerprint density at radius 3 is 2.75 bits per heavy atom. The number of nitrogens with zero attached hydrogens (tertiary/aromatic N) is 2. The van der Waals surface area contributed by atoms with E-state index < -0.39 is 0 Å². The molecule has 0 unspecified atom stereocenters. The highest BCUT2D eigenvalue weighted by molar-refractivity contribution is 5.81. The summed E-state index contributed by atoms with van der Waals surface area (Å²) in [7, 11) is 3.77. The van der Waals surface area contributed by atoms with Crippen molar-refractivity contribution < 1.29 is 4.74 Å². The maximum atomic E-state index is 5.69. The second-order valence-electron chi connectivity index (χ2n) is 3.72. The van der Waals surface area contributed by atoms with Crippen molar-refractivity contribution >= 4 is 5.96 Å². The Morgan fingerprint density at radius 1 is 1.67 bits per heavy atom. The zero-order chi connectivity index (χ0) is 8.77. The van der Waals surface area contributed by atoms with Crippen molar-refractivity contribution in [3.8, 4) is 0 Å². The lowest BCUT2D eigenvalue weighted by Gasteiger charge is -2.48. The molecule has 1 spiro atoms. The third-order valence-electron chi connectivity index (χ3n) is 3.14. The van der Waals surface area contributed by atoms with Crippen LogP contribution >= 0.6 is 0 Å². The number of aliphatic imine (C=N–C) groups is 1. The van der Waals surface area contributed by atoms with E-state index in [0.717, 1.165) is 19.4 Å². The van der Waals surface area contributed by atoms with E-state index in [4.69, 9.17) is 10.5 Å². The van der Waals surface area contributed by atoms with Crippen LogP contribution in [0.5, 0.6) is 0 Å². The number of ether oxygens (including phenoxy) is 1. The zero-order valence-corrected chi connectivity index (χ0v) is 7.58. The lowest BCUT2D eigenvalue weighted by Crippen LogP contribution is -2.59. The first-order valence-corrected chi connectivity index (χ1v) is 4.24. The highest BCUT2D eigenvalue weighted by atomic mass is 16.5. The Morgan fingerprint density at radius 2 is 2.33 bits per heavy atom. The third-order valence-corrected chi connectivity index (χ3v) is 3.14. The van der Waals surface area contributed by atoms with Crippen LogP contribution in [0, 0.1) is 0 Å². The fourth-order valence-corrected chi connectivity index (χ4v) is 2.04. The first kappa shape index (κ1) is 7.86. The summed E-state index contributed by atoms with van der Waals surface area (Å²) in [6.45, 7) is 0.842. The summed E-state index contributed by atoms with van der Waals surface area (Å²) in [6.07, 6.45) is 2.53. The Hall–Kier alpha value is -0.770. The average molecular weight is 169 g/mol. The van der Waals surface area contributed by atoms with Crippen molar-refractivity contribution in [1.29, 1.82) is 0 Å². The van der Waals surface area contributed by atoms with E-state index in [1.54, 1.807) is 7.11 Å². The smallest absolute Gasteiger partial charge is 0.191 e. The van der Waals surface area contributed by atoms with Gasteiger partial charge in [0.2, 0.25) is 0 Å². The van der Waals surface area contributed by atoms with Gasteiger partial charge in [-0.2, -0.15) is 0 Å². The molecular weight excluding hydrogens is 154 g/mol. The summed E-state index contributed by atoms with van der Waals surface area (Å²) >= 11 is 0. The number of guanidine groups is 1. The van der Waals surface area contributed by atoms with E-state index in [1.807, 2.05) is 7.05 Å². The molecule has 0 radical (unpaired) electrons. The van der Waals surface area contributed by atoms with Crippen LogP contribution in [0.3, 0.4) is 0 Å². The van der Waals surface area contributed by atoms with Crippen LogP contribution in [0.1, 0.15) is 12.8 Å². The Bertz CT molecular complexity index is 220. The summed E-state index contributed by atoms with van der Waals surface area (Å²) in [5.74, 6) is 0.671. The largest absolute Gasteiger partial charge is 0.381 e. The number of methoxy groups -OCH3 is 1. The van der Waals surface area contributed by atoms with Gasteiger partial charge in [-0.1, -0.05) is 0 Å². The highest BCUT2D eigenvalue weighted by Crippen LogP contribution is 2.41. The van der Waals surface area contributed by atoms with Crippen LogP contribution in [0.2, 0.25) is 0 Å².